The van der Waals surface area contributed by atoms with Crippen molar-refractivity contribution in [3.63, 3.8) is 0 Å². The minimum absolute atomic E-state index is 0.0210. The van der Waals surface area contributed by atoms with Crippen molar-refractivity contribution >= 4 is 23.2 Å². The Balaban J connectivity index is 1.41. The summed E-state index contributed by atoms with van der Waals surface area (Å²) in [6, 6.07) is 13.5. The number of carbonyl (C=O) groups excluding carboxylic acids is 2. The molecular formula is C25H32N4O4. The first-order valence-electron chi connectivity index (χ1n) is 11.5. The van der Waals surface area contributed by atoms with E-state index in [9.17, 15) is 9.59 Å². The van der Waals surface area contributed by atoms with Crippen LogP contribution < -0.4 is 20.3 Å². The molecule has 2 amide bonds. The molecule has 2 N–H and O–H groups in total. The maximum absolute atomic E-state index is 12.6. The molecule has 8 heteroatoms. The zero-order valence-electron chi connectivity index (χ0n) is 19.3. The molecule has 33 heavy (non-hydrogen) atoms. The number of carbonyl (C=O) groups is 2. The monoisotopic (exact) mass is 452 g/mol. The molecule has 1 atom stereocenters. The van der Waals surface area contributed by atoms with Gasteiger partial charge >= 0.3 is 11.8 Å². The SMILES string of the molecule is CCOc1ccc(NC(=O)C(=O)NCC(c2ccc3c(c2)CCN3C)N2CCOCC2)cc1. The molecule has 0 spiro atoms. The van der Waals surface area contributed by atoms with Crippen molar-refractivity contribution in [3.8, 4) is 5.75 Å². The summed E-state index contributed by atoms with van der Waals surface area (Å²) in [6.07, 6.45) is 1.02. The van der Waals surface area contributed by atoms with Gasteiger partial charge in [0.2, 0.25) is 0 Å². The second-order valence-corrected chi connectivity index (χ2v) is 8.35. The molecule has 1 saturated heterocycles. The molecule has 8 nitrogen and oxygen atoms in total. The van der Waals surface area contributed by atoms with Gasteiger partial charge in [-0.25, -0.2) is 0 Å². The molecule has 0 radical (unpaired) electrons. The summed E-state index contributed by atoms with van der Waals surface area (Å²) in [5.41, 5.74) is 4.29. The number of ether oxygens (including phenoxy) is 2. The zero-order chi connectivity index (χ0) is 23.2. The lowest BCUT2D eigenvalue weighted by Gasteiger charge is -2.35. The largest absolute Gasteiger partial charge is 0.494 e. The molecule has 2 aliphatic rings. The first kappa shape index (κ1) is 23.1. The molecular weight excluding hydrogens is 420 g/mol. The highest BCUT2D eigenvalue weighted by Gasteiger charge is 2.26. The number of anilines is 2. The van der Waals surface area contributed by atoms with E-state index in [0.29, 0.717) is 37.8 Å². The molecule has 4 rings (SSSR count). The van der Waals surface area contributed by atoms with Crippen molar-refractivity contribution in [2.24, 2.45) is 0 Å². The summed E-state index contributed by atoms with van der Waals surface area (Å²) in [5, 5.41) is 5.49. The Hall–Kier alpha value is -3.10. The van der Waals surface area contributed by atoms with Crippen LogP contribution in [0.3, 0.4) is 0 Å². The summed E-state index contributed by atoms with van der Waals surface area (Å²) in [6.45, 7) is 6.75. The topological polar surface area (TPSA) is 83.1 Å². The van der Waals surface area contributed by atoms with Crippen LogP contribution in [0.5, 0.6) is 5.75 Å². The lowest BCUT2D eigenvalue weighted by Crippen LogP contribution is -2.45. The number of benzene rings is 2. The first-order valence-corrected chi connectivity index (χ1v) is 11.5. The highest BCUT2D eigenvalue weighted by atomic mass is 16.5. The van der Waals surface area contributed by atoms with E-state index >= 15 is 0 Å². The van der Waals surface area contributed by atoms with E-state index in [1.54, 1.807) is 24.3 Å². The predicted octanol–water partition coefficient (Wildman–Crippen LogP) is 2.21. The van der Waals surface area contributed by atoms with Crippen LogP contribution in [-0.2, 0) is 20.7 Å². The number of likely N-dealkylation sites (N-methyl/N-ethyl adjacent to an activating group) is 1. The number of hydrogen-bond donors (Lipinski definition) is 2. The molecule has 2 aromatic rings. The molecule has 176 valence electrons. The van der Waals surface area contributed by atoms with Gasteiger partial charge in [0, 0.05) is 44.6 Å². The Kier molecular flexibility index (Phi) is 7.47. The third-order valence-corrected chi connectivity index (χ3v) is 6.19. The van der Waals surface area contributed by atoms with E-state index in [1.165, 1.54) is 11.3 Å². The van der Waals surface area contributed by atoms with Crippen LogP contribution in [0.2, 0.25) is 0 Å². The fourth-order valence-corrected chi connectivity index (χ4v) is 4.40. The molecule has 2 aliphatic heterocycles. The molecule has 0 bridgehead atoms. The highest BCUT2D eigenvalue weighted by molar-refractivity contribution is 6.39. The maximum Gasteiger partial charge on any atom is 0.313 e. The van der Waals surface area contributed by atoms with Gasteiger partial charge in [0.05, 0.1) is 25.9 Å². The fourth-order valence-electron chi connectivity index (χ4n) is 4.40. The smallest absolute Gasteiger partial charge is 0.313 e. The van der Waals surface area contributed by atoms with E-state index in [-0.39, 0.29) is 6.04 Å². The number of amides is 2. The summed E-state index contributed by atoms with van der Waals surface area (Å²) in [7, 11) is 2.11. The molecule has 2 heterocycles. The van der Waals surface area contributed by atoms with Crippen molar-refractivity contribution in [1.29, 1.82) is 0 Å². The van der Waals surface area contributed by atoms with Crippen molar-refractivity contribution in [1.82, 2.24) is 10.2 Å². The van der Waals surface area contributed by atoms with Gasteiger partial charge in [0.15, 0.2) is 0 Å². The molecule has 2 aromatic carbocycles. The van der Waals surface area contributed by atoms with Gasteiger partial charge in [-0.2, -0.15) is 0 Å². The van der Waals surface area contributed by atoms with E-state index < -0.39 is 11.8 Å². The van der Waals surface area contributed by atoms with Crippen molar-refractivity contribution in [3.05, 3.63) is 53.6 Å². The number of nitrogens with one attached hydrogen (secondary N) is 2. The van der Waals surface area contributed by atoms with Crippen LogP contribution >= 0.6 is 0 Å². The van der Waals surface area contributed by atoms with Crippen LogP contribution in [0.25, 0.3) is 0 Å². The lowest BCUT2D eigenvalue weighted by molar-refractivity contribution is -0.136. The molecule has 1 fully saturated rings. The molecule has 0 aliphatic carbocycles. The van der Waals surface area contributed by atoms with Gasteiger partial charge in [-0.1, -0.05) is 12.1 Å². The summed E-state index contributed by atoms with van der Waals surface area (Å²) in [5.74, 6) is -0.618. The number of fused-ring (bicyclic) bond motifs is 1. The Bertz CT molecular complexity index is 973. The zero-order valence-corrected chi connectivity index (χ0v) is 19.3. The molecule has 0 saturated carbocycles. The second-order valence-electron chi connectivity index (χ2n) is 8.35. The van der Waals surface area contributed by atoms with Gasteiger partial charge in [-0.15, -0.1) is 0 Å². The van der Waals surface area contributed by atoms with Gasteiger partial charge < -0.3 is 25.0 Å². The van der Waals surface area contributed by atoms with Gasteiger partial charge in [-0.05, 0) is 54.8 Å². The van der Waals surface area contributed by atoms with Gasteiger partial charge in [-0.3, -0.25) is 14.5 Å². The Morgan fingerprint density at radius 2 is 1.82 bits per heavy atom. The number of nitrogens with zero attached hydrogens (tertiary/aromatic N) is 2. The summed E-state index contributed by atoms with van der Waals surface area (Å²) in [4.78, 5) is 29.6. The van der Waals surface area contributed by atoms with Crippen molar-refractivity contribution in [2.45, 2.75) is 19.4 Å². The number of hydrogen-bond acceptors (Lipinski definition) is 6. The minimum atomic E-state index is -0.685. The van der Waals surface area contributed by atoms with Crippen LogP contribution in [0.15, 0.2) is 42.5 Å². The predicted molar refractivity (Wildman–Crippen MR) is 128 cm³/mol. The van der Waals surface area contributed by atoms with Gasteiger partial charge in [0.1, 0.15) is 5.75 Å². The maximum atomic E-state index is 12.6. The van der Waals surface area contributed by atoms with E-state index in [0.717, 1.165) is 31.6 Å². The van der Waals surface area contributed by atoms with E-state index in [4.69, 9.17) is 9.47 Å². The lowest BCUT2D eigenvalue weighted by atomic mass is 10.0. The third kappa shape index (κ3) is 5.64. The Labute approximate surface area is 194 Å². The molecule has 0 aromatic heterocycles. The first-order chi connectivity index (χ1) is 16.0. The third-order valence-electron chi connectivity index (χ3n) is 6.19. The fraction of sp³-hybridized carbons (Fsp3) is 0.440. The highest BCUT2D eigenvalue weighted by Crippen LogP contribution is 2.31. The number of morpholine rings is 1. The van der Waals surface area contributed by atoms with Crippen molar-refractivity contribution in [2.75, 3.05) is 63.3 Å². The van der Waals surface area contributed by atoms with Crippen LogP contribution in [0, 0.1) is 0 Å². The Morgan fingerprint density at radius 3 is 2.55 bits per heavy atom. The summed E-state index contributed by atoms with van der Waals surface area (Å²) >= 11 is 0. The van der Waals surface area contributed by atoms with Crippen LogP contribution in [0.1, 0.15) is 24.1 Å². The molecule has 1 unspecified atom stereocenters. The average Bonchev–Trinajstić information content (AvgIpc) is 3.21. The minimum Gasteiger partial charge on any atom is -0.494 e. The van der Waals surface area contributed by atoms with Gasteiger partial charge in [0.25, 0.3) is 0 Å². The number of rotatable bonds is 7. The van der Waals surface area contributed by atoms with Crippen molar-refractivity contribution < 1.29 is 19.1 Å². The van der Waals surface area contributed by atoms with Crippen LogP contribution in [0.4, 0.5) is 11.4 Å². The second kappa shape index (κ2) is 10.7. The quantitative estimate of drug-likeness (QED) is 0.627. The van der Waals surface area contributed by atoms with E-state index in [1.807, 2.05) is 6.92 Å². The Morgan fingerprint density at radius 1 is 1.06 bits per heavy atom. The standard InChI is InChI=1S/C25H32N4O4/c1-3-33-21-7-5-20(6-8-21)27-25(31)24(30)26-17-23(29-12-14-32-15-13-29)18-4-9-22-19(16-18)10-11-28(22)2/h4-9,16,23H,3,10-15,17H2,1-2H3,(H,26,30)(H,27,31). The van der Waals surface area contributed by atoms with E-state index in [2.05, 4.69) is 45.7 Å². The van der Waals surface area contributed by atoms with Crippen LogP contribution in [-0.4, -0.2) is 69.8 Å². The normalized spacial score (nSPS) is 16.7. The average molecular weight is 453 g/mol. The summed E-state index contributed by atoms with van der Waals surface area (Å²) < 4.78 is 10.9.